The van der Waals surface area contributed by atoms with Gasteiger partial charge in [-0.2, -0.15) is 0 Å². The zero-order valence-electron chi connectivity index (χ0n) is 15.0. The molecule has 0 amide bonds. The monoisotopic (exact) mass is 367 g/mol. The zero-order chi connectivity index (χ0) is 18.9. The molecule has 0 aromatic heterocycles. The van der Waals surface area contributed by atoms with Gasteiger partial charge in [-0.15, -0.1) is 0 Å². The largest absolute Gasteiger partial charge is 0.496 e. The second-order valence-electron chi connectivity index (χ2n) is 6.23. The number of benzene rings is 3. The topological polar surface area (TPSA) is 69.4 Å². The molecule has 0 aliphatic carbocycles. The smallest absolute Gasteiger partial charge is 0.238 e. The fraction of sp³-hybridized carbons (Fsp3) is 0.143. The molecule has 4 nitrogen and oxygen atoms in total. The Kier molecular flexibility index (Phi) is 4.85. The van der Waals surface area contributed by atoms with Gasteiger partial charge in [0.05, 0.1) is 12.0 Å². The lowest BCUT2D eigenvalue weighted by Crippen LogP contribution is -2.13. The third-order valence-corrected chi connectivity index (χ3v) is 5.36. The van der Waals surface area contributed by atoms with Crippen molar-refractivity contribution < 1.29 is 13.2 Å². The summed E-state index contributed by atoms with van der Waals surface area (Å²) in [5.41, 5.74) is 5.41. The normalized spacial score (nSPS) is 11.4. The number of sulfonamides is 1. The summed E-state index contributed by atoms with van der Waals surface area (Å²) in [5.74, 6) is 0.858. The second-order valence-corrected chi connectivity index (χ2v) is 7.76. The van der Waals surface area contributed by atoms with Gasteiger partial charge in [0.15, 0.2) is 0 Å². The molecule has 0 saturated carbocycles. The van der Waals surface area contributed by atoms with Crippen LogP contribution in [0.15, 0.2) is 65.6 Å². The number of ether oxygens (including phenoxy) is 1. The molecule has 3 aromatic carbocycles. The lowest BCUT2D eigenvalue weighted by molar-refractivity contribution is 0.408. The first-order valence-electron chi connectivity index (χ1n) is 8.19. The van der Waals surface area contributed by atoms with E-state index in [1.807, 2.05) is 56.3 Å². The summed E-state index contributed by atoms with van der Waals surface area (Å²) in [7, 11) is -2.17. The number of methoxy groups -OCH3 is 1. The summed E-state index contributed by atoms with van der Waals surface area (Å²) in [6.07, 6.45) is 0. The molecule has 0 saturated heterocycles. The van der Waals surface area contributed by atoms with Crippen molar-refractivity contribution in [2.45, 2.75) is 18.7 Å². The van der Waals surface area contributed by atoms with E-state index in [9.17, 15) is 8.42 Å². The fourth-order valence-corrected chi connectivity index (χ4v) is 4.09. The van der Waals surface area contributed by atoms with E-state index in [1.54, 1.807) is 19.2 Å². The van der Waals surface area contributed by atoms with Crippen LogP contribution in [0.4, 0.5) is 0 Å². The van der Waals surface area contributed by atoms with Crippen molar-refractivity contribution in [1.82, 2.24) is 0 Å². The van der Waals surface area contributed by atoms with Gasteiger partial charge in [-0.25, -0.2) is 13.6 Å². The molecule has 0 aliphatic rings. The molecule has 3 aromatic rings. The third-order valence-electron chi connectivity index (χ3n) is 4.39. The Morgan fingerprint density at radius 3 is 1.85 bits per heavy atom. The van der Waals surface area contributed by atoms with Crippen LogP contribution >= 0.6 is 0 Å². The van der Waals surface area contributed by atoms with Crippen LogP contribution in [0.25, 0.3) is 22.3 Å². The molecular weight excluding hydrogens is 346 g/mol. The highest BCUT2D eigenvalue weighted by Gasteiger charge is 2.18. The van der Waals surface area contributed by atoms with Crippen molar-refractivity contribution in [1.29, 1.82) is 0 Å². The first-order valence-corrected chi connectivity index (χ1v) is 9.74. The molecular formula is C21H21NO3S. The summed E-state index contributed by atoms with van der Waals surface area (Å²) >= 11 is 0. The van der Waals surface area contributed by atoms with Crippen LogP contribution in [0.3, 0.4) is 0 Å². The summed E-state index contributed by atoms with van der Waals surface area (Å²) in [6, 6.07) is 18.6. The van der Waals surface area contributed by atoms with Crippen molar-refractivity contribution >= 4 is 10.0 Å². The van der Waals surface area contributed by atoms with Gasteiger partial charge in [-0.3, -0.25) is 0 Å². The number of primary sulfonamides is 1. The summed E-state index contributed by atoms with van der Waals surface area (Å²) < 4.78 is 29.5. The minimum Gasteiger partial charge on any atom is -0.496 e. The van der Waals surface area contributed by atoms with Crippen molar-refractivity contribution in [3.05, 3.63) is 71.8 Å². The molecule has 0 fully saturated rings. The average molecular weight is 367 g/mol. The van der Waals surface area contributed by atoms with Crippen LogP contribution in [0.5, 0.6) is 5.75 Å². The minimum atomic E-state index is -3.83. The van der Waals surface area contributed by atoms with Crippen LogP contribution in [-0.4, -0.2) is 15.5 Å². The third kappa shape index (κ3) is 3.36. The van der Waals surface area contributed by atoms with Crippen LogP contribution in [0, 0.1) is 13.8 Å². The summed E-state index contributed by atoms with van der Waals surface area (Å²) in [6.45, 7) is 3.99. The highest BCUT2D eigenvalue weighted by atomic mass is 32.2. The number of aryl methyl sites for hydroxylation is 2. The quantitative estimate of drug-likeness (QED) is 0.748. The van der Waals surface area contributed by atoms with E-state index in [0.717, 1.165) is 33.6 Å². The van der Waals surface area contributed by atoms with Gasteiger partial charge in [0, 0.05) is 5.56 Å². The Hall–Kier alpha value is -2.63. The van der Waals surface area contributed by atoms with E-state index in [2.05, 4.69) is 0 Å². The van der Waals surface area contributed by atoms with Crippen LogP contribution in [0.2, 0.25) is 0 Å². The maximum absolute atomic E-state index is 12.0. The molecule has 0 heterocycles. The second kappa shape index (κ2) is 6.94. The van der Waals surface area contributed by atoms with E-state index in [-0.39, 0.29) is 4.90 Å². The zero-order valence-corrected chi connectivity index (χ0v) is 15.8. The Morgan fingerprint density at radius 1 is 0.808 bits per heavy atom. The van der Waals surface area contributed by atoms with Gasteiger partial charge in [0.1, 0.15) is 5.75 Å². The number of hydrogen-bond acceptors (Lipinski definition) is 3. The van der Waals surface area contributed by atoms with Gasteiger partial charge in [0.2, 0.25) is 10.0 Å². The Labute approximate surface area is 154 Å². The summed E-state index contributed by atoms with van der Waals surface area (Å²) in [5, 5.41) is 5.43. The average Bonchev–Trinajstić information content (AvgIpc) is 2.61. The molecule has 0 radical (unpaired) electrons. The fourth-order valence-electron chi connectivity index (χ4n) is 3.33. The Bertz CT molecular complexity index is 1050. The lowest BCUT2D eigenvalue weighted by atomic mass is 9.92. The molecule has 5 heteroatoms. The maximum atomic E-state index is 12.0. The highest BCUT2D eigenvalue weighted by Crippen LogP contribution is 2.37. The Morgan fingerprint density at radius 2 is 1.31 bits per heavy atom. The molecule has 0 atom stereocenters. The predicted octanol–water partition coefficient (Wildman–Crippen LogP) is 4.29. The molecule has 0 bridgehead atoms. The molecule has 0 spiro atoms. The molecule has 26 heavy (non-hydrogen) atoms. The molecule has 3 rings (SSSR count). The van der Waals surface area contributed by atoms with E-state index in [0.29, 0.717) is 5.56 Å². The maximum Gasteiger partial charge on any atom is 0.238 e. The molecule has 0 unspecified atom stereocenters. The predicted molar refractivity (Wildman–Crippen MR) is 105 cm³/mol. The van der Waals surface area contributed by atoms with Gasteiger partial charge in [0.25, 0.3) is 0 Å². The first kappa shape index (κ1) is 18.2. The van der Waals surface area contributed by atoms with Crippen molar-refractivity contribution in [2.75, 3.05) is 7.11 Å². The van der Waals surface area contributed by atoms with Gasteiger partial charge >= 0.3 is 0 Å². The number of hydrogen-bond donors (Lipinski definition) is 1. The van der Waals surface area contributed by atoms with Crippen LogP contribution < -0.4 is 9.88 Å². The van der Waals surface area contributed by atoms with E-state index < -0.39 is 10.0 Å². The van der Waals surface area contributed by atoms with E-state index >= 15 is 0 Å². The molecule has 0 aliphatic heterocycles. The summed E-state index contributed by atoms with van der Waals surface area (Å²) in [4.78, 5) is 0.120. The number of rotatable bonds is 4. The van der Waals surface area contributed by atoms with Gasteiger partial charge in [-0.1, -0.05) is 42.5 Å². The molecule has 134 valence electrons. The van der Waals surface area contributed by atoms with Crippen molar-refractivity contribution in [3.8, 4) is 28.0 Å². The van der Waals surface area contributed by atoms with Gasteiger partial charge < -0.3 is 4.74 Å². The lowest BCUT2D eigenvalue weighted by Gasteiger charge is -2.16. The Balaban J connectivity index is 2.28. The van der Waals surface area contributed by atoms with Gasteiger partial charge in [-0.05, 0) is 59.9 Å². The van der Waals surface area contributed by atoms with Crippen LogP contribution in [-0.2, 0) is 10.0 Å². The molecule has 2 N–H and O–H groups in total. The van der Waals surface area contributed by atoms with Crippen molar-refractivity contribution in [3.63, 3.8) is 0 Å². The minimum absolute atomic E-state index is 0.120. The highest BCUT2D eigenvalue weighted by molar-refractivity contribution is 7.89. The SMILES string of the molecule is COc1c(C)cc(-c2ccccc2-c2ccccc2S(N)(=O)=O)cc1C. The first-order chi connectivity index (χ1) is 12.3. The standard InChI is InChI=1S/C21H21NO3S/c1-14-12-16(13-15(2)21(14)25-3)17-8-4-5-9-18(17)19-10-6-7-11-20(19)26(22,23)24/h4-13H,1-3H3,(H2,22,23,24). The number of nitrogens with two attached hydrogens (primary N) is 1. The van der Waals surface area contributed by atoms with E-state index in [1.165, 1.54) is 6.07 Å². The van der Waals surface area contributed by atoms with Crippen molar-refractivity contribution in [2.24, 2.45) is 5.14 Å². The van der Waals surface area contributed by atoms with E-state index in [4.69, 9.17) is 9.88 Å². The van der Waals surface area contributed by atoms with Crippen LogP contribution in [0.1, 0.15) is 11.1 Å².